The van der Waals surface area contributed by atoms with Gasteiger partial charge in [-0.15, -0.1) is 0 Å². The van der Waals surface area contributed by atoms with Gasteiger partial charge in [-0.25, -0.2) is 8.78 Å². The van der Waals surface area contributed by atoms with Gasteiger partial charge >= 0.3 is 0 Å². The second-order valence-corrected chi connectivity index (χ2v) is 5.56. The number of hydrogen-bond acceptors (Lipinski definition) is 1. The van der Waals surface area contributed by atoms with E-state index >= 15 is 0 Å². The minimum absolute atomic E-state index is 0.163. The largest absolute Gasteiger partial charge is 0.313 e. The Hall–Kier alpha value is -0.480. The summed E-state index contributed by atoms with van der Waals surface area (Å²) < 4.78 is 28.0. The number of halogens is 3. The summed E-state index contributed by atoms with van der Waals surface area (Å²) in [6, 6.07) is 2.41. The first-order valence-corrected chi connectivity index (χ1v) is 6.72. The van der Waals surface area contributed by atoms with Crippen LogP contribution < -0.4 is 5.32 Å². The molecule has 1 saturated carbocycles. The molecule has 0 spiro atoms. The lowest BCUT2D eigenvalue weighted by atomic mass is 9.99. The number of benzene rings is 1. The molecule has 0 heterocycles. The second-order valence-electron chi connectivity index (χ2n) is 4.65. The summed E-state index contributed by atoms with van der Waals surface area (Å²) in [5.41, 5.74) is 0.163. The quantitative estimate of drug-likeness (QED) is 0.860. The topological polar surface area (TPSA) is 12.0 Å². The fourth-order valence-electron chi connectivity index (χ4n) is 2.13. The molecule has 94 valence electrons. The van der Waals surface area contributed by atoms with E-state index in [0.29, 0.717) is 4.47 Å². The first-order chi connectivity index (χ1) is 8.11. The standard InChI is InChI=1S/C13H16BrF2N/c1-17-12(5-4-8-2-3-8)13-10(15)6-9(14)7-11(13)16/h6-8,12,17H,2-5H2,1H3. The molecule has 1 aliphatic carbocycles. The van der Waals surface area contributed by atoms with Crippen molar-refractivity contribution in [2.45, 2.75) is 31.7 Å². The Bertz CT molecular complexity index is 381. The molecule has 1 aliphatic rings. The Balaban J connectivity index is 2.16. The van der Waals surface area contributed by atoms with Gasteiger partial charge in [0.25, 0.3) is 0 Å². The van der Waals surface area contributed by atoms with Gasteiger partial charge in [0, 0.05) is 16.1 Å². The summed E-state index contributed by atoms with van der Waals surface area (Å²) in [4.78, 5) is 0. The molecule has 2 rings (SSSR count). The Morgan fingerprint density at radius 2 is 1.94 bits per heavy atom. The zero-order valence-corrected chi connectivity index (χ0v) is 11.4. The Labute approximate surface area is 109 Å². The Morgan fingerprint density at radius 1 is 1.35 bits per heavy atom. The number of nitrogens with one attached hydrogen (secondary N) is 1. The summed E-state index contributed by atoms with van der Waals surface area (Å²) in [6.07, 6.45) is 4.36. The number of hydrogen-bond donors (Lipinski definition) is 1. The third-order valence-corrected chi connectivity index (χ3v) is 3.76. The lowest BCUT2D eigenvalue weighted by Crippen LogP contribution is -2.19. The molecule has 0 bridgehead atoms. The maximum atomic E-state index is 13.8. The monoisotopic (exact) mass is 303 g/mol. The summed E-state index contributed by atoms with van der Waals surface area (Å²) >= 11 is 3.09. The Morgan fingerprint density at radius 3 is 2.41 bits per heavy atom. The fraction of sp³-hybridized carbons (Fsp3) is 0.538. The van der Waals surface area contributed by atoms with Crippen molar-refractivity contribution in [2.75, 3.05) is 7.05 Å². The van der Waals surface area contributed by atoms with Crippen LogP contribution in [0.1, 0.15) is 37.3 Å². The van der Waals surface area contributed by atoms with Crippen LogP contribution in [0.3, 0.4) is 0 Å². The van der Waals surface area contributed by atoms with Crippen LogP contribution in [-0.4, -0.2) is 7.05 Å². The van der Waals surface area contributed by atoms with Gasteiger partial charge in [-0.1, -0.05) is 28.8 Å². The maximum Gasteiger partial charge on any atom is 0.132 e. The van der Waals surface area contributed by atoms with E-state index in [2.05, 4.69) is 21.2 Å². The van der Waals surface area contributed by atoms with E-state index in [1.165, 1.54) is 25.0 Å². The number of rotatable bonds is 5. The summed E-state index contributed by atoms with van der Waals surface area (Å²) in [5.74, 6) is -0.188. The van der Waals surface area contributed by atoms with E-state index < -0.39 is 11.6 Å². The Kier molecular flexibility index (Phi) is 4.15. The van der Waals surface area contributed by atoms with Crippen LogP contribution in [0.15, 0.2) is 16.6 Å². The molecule has 1 atom stereocenters. The molecule has 0 aliphatic heterocycles. The van der Waals surface area contributed by atoms with Gasteiger partial charge < -0.3 is 5.32 Å². The predicted molar refractivity (Wildman–Crippen MR) is 67.8 cm³/mol. The van der Waals surface area contributed by atoms with Crippen molar-refractivity contribution < 1.29 is 8.78 Å². The van der Waals surface area contributed by atoms with E-state index in [-0.39, 0.29) is 11.6 Å². The van der Waals surface area contributed by atoms with Gasteiger partial charge in [0.05, 0.1) is 0 Å². The van der Waals surface area contributed by atoms with Gasteiger partial charge in [0.15, 0.2) is 0 Å². The van der Waals surface area contributed by atoms with Crippen LogP contribution >= 0.6 is 15.9 Å². The molecule has 0 saturated heterocycles. The minimum atomic E-state index is -0.480. The third kappa shape index (κ3) is 3.26. The van der Waals surface area contributed by atoms with Crippen molar-refractivity contribution >= 4 is 15.9 Å². The highest BCUT2D eigenvalue weighted by molar-refractivity contribution is 9.10. The van der Waals surface area contributed by atoms with Crippen LogP contribution in [0.2, 0.25) is 0 Å². The smallest absolute Gasteiger partial charge is 0.132 e. The zero-order valence-electron chi connectivity index (χ0n) is 9.77. The normalized spacial score (nSPS) is 17.2. The van der Waals surface area contributed by atoms with E-state index in [9.17, 15) is 8.78 Å². The average Bonchev–Trinajstić information content (AvgIpc) is 3.05. The van der Waals surface area contributed by atoms with Crippen LogP contribution in [0.5, 0.6) is 0 Å². The first kappa shape index (κ1) is 13.0. The van der Waals surface area contributed by atoms with E-state index in [0.717, 1.165) is 18.8 Å². The van der Waals surface area contributed by atoms with Crippen molar-refractivity contribution in [2.24, 2.45) is 5.92 Å². The van der Waals surface area contributed by atoms with Gasteiger partial charge in [-0.2, -0.15) is 0 Å². The summed E-state index contributed by atoms with van der Waals surface area (Å²) in [6.45, 7) is 0. The lowest BCUT2D eigenvalue weighted by molar-refractivity contribution is 0.451. The van der Waals surface area contributed by atoms with Crippen molar-refractivity contribution in [3.05, 3.63) is 33.8 Å². The second kappa shape index (κ2) is 5.44. The molecule has 1 aromatic carbocycles. The van der Waals surface area contributed by atoms with Crippen LogP contribution in [0.25, 0.3) is 0 Å². The van der Waals surface area contributed by atoms with Crippen LogP contribution in [0.4, 0.5) is 8.78 Å². The van der Waals surface area contributed by atoms with Crippen molar-refractivity contribution in [1.29, 1.82) is 0 Å². The molecular formula is C13H16BrF2N. The van der Waals surface area contributed by atoms with E-state index in [4.69, 9.17) is 0 Å². The zero-order chi connectivity index (χ0) is 12.4. The molecule has 1 N–H and O–H groups in total. The third-order valence-electron chi connectivity index (χ3n) is 3.30. The first-order valence-electron chi connectivity index (χ1n) is 5.93. The fourth-order valence-corrected chi connectivity index (χ4v) is 2.53. The molecule has 0 aromatic heterocycles. The molecule has 1 nitrogen and oxygen atoms in total. The summed E-state index contributed by atoms with van der Waals surface area (Å²) in [7, 11) is 1.75. The average molecular weight is 304 g/mol. The lowest BCUT2D eigenvalue weighted by Gasteiger charge is -2.18. The molecule has 0 amide bonds. The van der Waals surface area contributed by atoms with Gasteiger partial charge in [-0.3, -0.25) is 0 Å². The molecular weight excluding hydrogens is 288 g/mol. The van der Waals surface area contributed by atoms with Crippen LogP contribution in [-0.2, 0) is 0 Å². The van der Waals surface area contributed by atoms with Gasteiger partial charge in [0.2, 0.25) is 0 Å². The molecule has 17 heavy (non-hydrogen) atoms. The minimum Gasteiger partial charge on any atom is -0.313 e. The molecule has 1 unspecified atom stereocenters. The highest BCUT2D eigenvalue weighted by Gasteiger charge is 2.25. The highest BCUT2D eigenvalue weighted by atomic mass is 79.9. The van der Waals surface area contributed by atoms with E-state index in [1.54, 1.807) is 7.05 Å². The maximum absolute atomic E-state index is 13.8. The summed E-state index contributed by atoms with van der Waals surface area (Å²) in [5, 5.41) is 3.01. The predicted octanol–water partition coefficient (Wildman–Crippen LogP) is 4.18. The van der Waals surface area contributed by atoms with Crippen molar-refractivity contribution in [3.8, 4) is 0 Å². The van der Waals surface area contributed by atoms with Crippen LogP contribution in [0, 0.1) is 17.6 Å². The van der Waals surface area contributed by atoms with Crippen molar-refractivity contribution in [3.63, 3.8) is 0 Å². The van der Waals surface area contributed by atoms with Gasteiger partial charge in [-0.05, 0) is 37.9 Å². The van der Waals surface area contributed by atoms with Crippen molar-refractivity contribution in [1.82, 2.24) is 5.32 Å². The molecule has 4 heteroatoms. The van der Waals surface area contributed by atoms with E-state index in [1.807, 2.05) is 0 Å². The highest BCUT2D eigenvalue weighted by Crippen LogP contribution is 2.36. The molecule has 1 aromatic rings. The SMILES string of the molecule is CNC(CCC1CC1)c1c(F)cc(Br)cc1F. The van der Waals surface area contributed by atoms with Gasteiger partial charge in [0.1, 0.15) is 11.6 Å². The molecule has 0 radical (unpaired) electrons. The molecule has 1 fully saturated rings.